The number of amides is 1. The van der Waals surface area contributed by atoms with Crippen LogP contribution in [0.5, 0.6) is 0 Å². The summed E-state index contributed by atoms with van der Waals surface area (Å²) in [4.78, 5) is 22.4. The largest absolute Gasteiger partial charge is 0.324 e. The van der Waals surface area contributed by atoms with Gasteiger partial charge in [0.1, 0.15) is 0 Å². The summed E-state index contributed by atoms with van der Waals surface area (Å²) in [6.07, 6.45) is 2.78. The number of carbonyl (C=O) groups is 1. The molecule has 0 saturated heterocycles. The van der Waals surface area contributed by atoms with Gasteiger partial charge in [-0.3, -0.25) is 14.9 Å². The van der Waals surface area contributed by atoms with Crippen LogP contribution in [0.25, 0.3) is 6.08 Å². The van der Waals surface area contributed by atoms with E-state index >= 15 is 0 Å². The molecule has 0 unspecified atom stereocenters. The lowest BCUT2D eigenvalue weighted by molar-refractivity contribution is -0.380. The molecule has 2 aromatic rings. The van der Waals surface area contributed by atoms with E-state index in [4.69, 9.17) is 23.2 Å². The molecule has 8 heteroatoms. The average molecular weight is 343 g/mol. The fraction of sp³-hybridized carbons (Fsp3) is 0. The van der Waals surface area contributed by atoms with Crippen molar-refractivity contribution in [2.24, 2.45) is 0 Å². The van der Waals surface area contributed by atoms with Gasteiger partial charge in [0, 0.05) is 32.8 Å². The number of halogens is 2. The molecular weight excluding hydrogens is 335 g/mol. The van der Waals surface area contributed by atoms with Gasteiger partial charge >= 0.3 is 5.00 Å². The summed E-state index contributed by atoms with van der Waals surface area (Å²) < 4.78 is 0. The lowest BCUT2D eigenvalue weighted by Gasteiger charge is -2.03. The fourth-order valence-corrected chi connectivity index (χ4v) is 2.75. The molecule has 2 rings (SSSR count). The van der Waals surface area contributed by atoms with E-state index in [0.29, 0.717) is 20.6 Å². The minimum absolute atomic E-state index is 0.0247. The van der Waals surface area contributed by atoms with Gasteiger partial charge in [-0.1, -0.05) is 34.5 Å². The monoisotopic (exact) mass is 342 g/mol. The van der Waals surface area contributed by atoms with Gasteiger partial charge in [-0.25, -0.2) is 0 Å². The molecule has 0 aliphatic carbocycles. The second kappa shape index (κ2) is 6.71. The lowest BCUT2D eigenvalue weighted by atomic mass is 10.3. The van der Waals surface area contributed by atoms with Crippen molar-refractivity contribution in [1.82, 2.24) is 0 Å². The number of nitrogens with zero attached hydrogens (tertiary/aromatic N) is 1. The first-order chi connectivity index (χ1) is 9.94. The Bertz CT molecular complexity index is 708. The molecule has 5 nitrogen and oxygen atoms in total. The van der Waals surface area contributed by atoms with Crippen LogP contribution < -0.4 is 5.32 Å². The number of carbonyl (C=O) groups excluding carboxylic acids is 1. The summed E-state index contributed by atoms with van der Waals surface area (Å²) in [5, 5.41) is 14.0. The molecule has 0 bridgehead atoms. The Kier molecular flexibility index (Phi) is 4.95. The smallest absolute Gasteiger partial charge is 0.322 e. The molecule has 21 heavy (non-hydrogen) atoms. The fourth-order valence-electron chi connectivity index (χ4n) is 1.50. The lowest BCUT2D eigenvalue weighted by Crippen LogP contribution is -2.07. The van der Waals surface area contributed by atoms with E-state index in [9.17, 15) is 14.9 Å². The Hall–Kier alpha value is -1.89. The van der Waals surface area contributed by atoms with Crippen LogP contribution in [0, 0.1) is 10.1 Å². The van der Waals surface area contributed by atoms with Crippen LogP contribution in [0.4, 0.5) is 10.7 Å². The van der Waals surface area contributed by atoms with Gasteiger partial charge in [-0.2, -0.15) is 0 Å². The maximum Gasteiger partial charge on any atom is 0.324 e. The molecule has 1 amide bonds. The van der Waals surface area contributed by atoms with Crippen LogP contribution in [-0.2, 0) is 4.79 Å². The highest BCUT2D eigenvalue weighted by molar-refractivity contribution is 7.16. The third-order valence-corrected chi connectivity index (χ3v) is 3.76. The Morgan fingerprint density at radius 2 is 1.90 bits per heavy atom. The van der Waals surface area contributed by atoms with Crippen LogP contribution in [0.1, 0.15) is 4.88 Å². The third kappa shape index (κ3) is 4.56. The predicted molar refractivity (Wildman–Crippen MR) is 85.1 cm³/mol. The van der Waals surface area contributed by atoms with Crippen molar-refractivity contribution in [1.29, 1.82) is 0 Å². The predicted octanol–water partition coefficient (Wildman–Crippen LogP) is 4.62. The zero-order chi connectivity index (χ0) is 15.4. The second-order valence-electron chi connectivity index (χ2n) is 3.91. The zero-order valence-electron chi connectivity index (χ0n) is 10.4. The van der Waals surface area contributed by atoms with Crippen LogP contribution in [-0.4, -0.2) is 10.8 Å². The summed E-state index contributed by atoms with van der Waals surface area (Å²) in [6.45, 7) is 0. The van der Waals surface area contributed by atoms with Gasteiger partial charge in [0.25, 0.3) is 0 Å². The first-order valence-corrected chi connectivity index (χ1v) is 7.20. The van der Waals surface area contributed by atoms with Gasteiger partial charge in [0.15, 0.2) is 0 Å². The van der Waals surface area contributed by atoms with E-state index in [1.54, 1.807) is 24.3 Å². The maximum atomic E-state index is 11.7. The topological polar surface area (TPSA) is 72.2 Å². The zero-order valence-corrected chi connectivity index (χ0v) is 12.7. The van der Waals surface area contributed by atoms with Crippen LogP contribution in [0.15, 0.2) is 36.4 Å². The number of hydrogen-bond acceptors (Lipinski definition) is 4. The normalized spacial score (nSPS) is 10.8. The van der Waals surface area contributed by atoms with Gasteiger partial charge in [0.2, 0.25) is 5.91 Å². The Balaban J connectivity index is 2.03. The highest BCUT2D eigenvalue weighted by Gasteiger charge is 2.08. The van der Waals surface area contributed by atoms with E-state index < -0.39 is 4.92 Å². The molecule has 0 atom stereocenters. The molecule has 0 fully saturated rings. The molecule has 0 aliphatic rings. The molecule has 1 aromatic carbocycles. The summed E-state index contributed by atoms with van der Waals surface area (Å²) in [7, 11) is 0. The molecule has 108 valence electrons. The Morgan fingerprint density at radius 3 is 2.48 bits per heavy atom. The number of nitro groups is 1. The van der Waals surface area contributed by atoms with E-state index in [-0.39, 0.29) is 10.9 Å². The second-order valence-corrected chi connectivity index (χ2v) is 5.88. The molecule has 0 aliphatic heterocycles. The SMILES string of the molecule is O=C(/C=C/c1ccc([N+](=O)[O-])s1)Nc1cc(Cl)cc(Cl)c1. The number of benzene rings is 1. The maximum absolute atomic E-state index is 11.7. The van der Waals surface area contributed by atoms with Crippen LogP contribution >= 0.6 is 34.5 Å². The molecule has 0 spiro atoms. The molecule has 1 heterocycles. The van der Waals surface area contributed by atoms with Crippen LogP contribution in [0.3, 0.4) is 0 Å². The Labute approximate surface area is 134 Å². The van der Waals surface area contributed by atoms with Crippen molar-refractivity contribution < 1.29 is 9.72 Å². The van der Waals surface area contributed by atoms with Gasteiger partial charge in [-0.15, -0.1) is 0 Å². The average Bonchev–Trinajstić information content (AvgIpc) is 2.84. The van der Waals surface area contributed by atoms with Crippen molar-refractivity contribution in [3.63, 3.8) is 0 Å². The third-order valence-electron chi connectivity index (χ3n) is 2.32. The minimum Gasteiger partial charge on any atom is -0.322 e. The summed E-state index contributed by atoms with van der Waals surface area (Å²) >= 11 is 12.6. The van der Waals surface area contributed by atoms with Gasteiger partial charge < -0.3 is 5.32 Å². The van der Waals surface area contributed by atoms with Crippen molar-refractivity contribution in [3.8, 4) is 0 Å². The first-order valence-electron chi connectivity index (χ1n) is 5.63. The number of nitrogens with one attached hydrogen (secondary N) is 1. The summed E-state index contributed by atoms with van der Waals surface area (Å²) in [5.41, 5.74) is 0.472. The summed E-state index contributed by atoms with van der Waals surface area (Å²) in [5.74, 6) is -0.385. The molecule has 0 saturated carbocycles. The van der Waals surface area contributed by atoms with Crippen molar-refractivity contribution in [2.75, 3.05) is 5.32 Å². The Morgan fingerprint density at radius 1 is 1.24 bits per heavy atom. The number of anilines is 1. The van der Waals surface area contributed by atoms with Gasteiger partial charge in [-0.05, 0) is 30.3 Å². The van der Waals surface area contributed by atoms with Gasteiger partial charge in [0.05, 0.1) is 4.92 Å². The van der Waals surface area contributed by atoms with Crippen molar-refractivity contribution >= 4 is 57.2 Å². The minimum atomic E-state index is -0.476. The highest BCUT2D eigenvalue weighted by atomic mass is 35.5. The number of hydrogen-bond donors (Lipinski definition) is 1. The van der Waals surface area contributed by atoms with Crippen molar-refractivity contribution in [3.05, 3.63) is 61.4 Å². The van der Waals surface area contributed by atoms with Crippen molar-refractivity contribution in [2.45, 2.75) is 0 Å². The van der Waals surface area contributed by atoms with E-state index in [1.807, 2.05) is 0 Å². The summed E-state index contributed by atoms with van der Waals surface area (Å²) in [6, 6.07) is 7.64. The molecular formula is C13H8Cl2N2O3S. The van der Waals surface area contributed by atoms with Crippen LogP contribution in [0.2, 0.25) is 10.0 Å². The van der Waals surface area contributed by atoms with E-state index in [0.717, 1.165) is 11.3 Å². The van der Waals surface area contributed by atoms with E-state index in [1.165, 1.54) is 18.2 Å². The number of thiophene rings is 1. The van der Waals surface area contributed by atoms with E-state index in [2.05, 4.69) is 5.32 Å². The molecule has 1 N–H and O–H groups in total. The quantitative estimate of drug-likeness (QED) is 0.500. The number of rotatable bonds is 4. The molecule has 0 radical (unpaired) electrons. The standard InChI is InChI=1S/C13H8Cl2N2O3S/c14-8-5-9(15)7-10(6-8)16-12(18)3-1-11-2-4-13(21-11)17(19)20/h1-7H,(H,16,18)/b3-1+. The molecule has 1 aromatic heterocycles. The highest BCUT2D eigenvalue weighted by Crippen LogP contribution is 2.25. The first kappa shape index (κ1) is 15.5.